The van der Waals surface area contributed by atoms with E-state index in [0.29, 0.717) is 12.1 Å². The van der Waals surface area contributed by atoms with Gasteiger partial charge in [-0.3, -0.25) is 7.91 Å². The quantitative estimate of drug-likeness (QED) is 0.253. The first-order valence-corrected chi connectivity index (χ1v) is 10.1. The van der Waals surface area contributed by atoms with Crippen LogP contribution in [0, 0.1) is 11.6 Å². The van der Waals surface area contributed by atoms with E-state index in [1.165, 1.54) is 12.1 Å². The highest BCUT2D eigenvalue weighted by molar-refractivity contribution is 14.2. The second-order valence-corrected chi connectivity index (χ2v) is 8.46. The molecule has 0 fully saturated rings. The molecule has 156 valence electrons. The zero-order valence-electron chi connectivity index (χ0n) is 14.9. The van der Waals surface area contributed by atoms with Gasteiger partial charge in [0.15, 0.2) is 11.5 Å². The van der Waals surface area contributed by atoms with Gasteiger partial charge in [0.25, 0.3) is 5.56 Å². The summed E-state index contributed by atoms with van der Waals surface area (Å²) >= 11 is -0.897. The summed E-state index contributed by atoms with van der Waals surface area (Å²) in [4.78, 5) is 17.2. The third-order valence-electron chi connectivity index (χ3n) is 4.03. The summed E-state index contributed by atoms with van der Waals surface area (Å²) in [5.41, 5.74) is -1.68. The largest absolute Gasteiger partial charge is 0.425 e. The van der Waals surface area contributed by atoms with Crippen LogP contribution in [0.3, 0.4) is 0 Å². The summed E-state index contributed by atoms with van der Waals surface area (Å²) < 4.78 is 78.4. The fourth-order valence-electron chi connectivity index (χ4n) is 2.68. The fraction of sp³-hybridized carbons (Fsp3) is 0.111. The van der Waals surface area contributed by atoms with E-state index in [2.05, 4.69) is 8.13 Å². The van der Waals surface area contributed by atoms with Crippen LogP contribution >= 0.6 is 21.3 Å². The Hall–Kier alpha value is -2.90. The number of ether oxygens (including phenoxy) is 1. The monoisotopic (exact) mass is 536 g/mol. The van der Waals surface area contributed by atoms with Crippen LogP contribution in [0.4, 0.5) is 33.5 Å². The minimum absolute atomic E-state index is 0.0668. The van der Waals surface area contributed by atoms with E-state index >= 15 is 0 Å². The molecular weight excluding hydrogens is 526 g/mol. The van der Waals surface area contributed by atoms with Crippen molar-refractivity contribution in [2.45, 2.75) is 6.18 Å². The van der Waals surface area contributed by atoms with Crippen LogP contribution in [0.25, 0.3) is 5.69 Å². The van der Waals surface area contributed by atoms with E-state index in [1.54, 1.807) is 10.2 Å². The highest BCUT2D eigenvalue weighted by atomic mass is 127. The van der Waals surface area contributed by atoms with Crippen molar-refractivity contribution in [3.8, 4) is 17.4 Å². The van der Waals surface area contributed by atoms with Gasteiger partial charge < -0.3 is 4.74 Å². The molecule has 0 amide bonds. The van der Waals surface area contributed by atoms with Crippen LogP contribution in [-0.2, 0) is 6.18 Å². The molecular formula is C18H10F5IN4O2. The predicted octanol–water partition coefficient (Wildman–Crippen LogP) is 5.47. The van der Waals surface area contributed by atoms with E-state index < -0.39 is 62.0 Å². The molecule has 12 heteroatoms. The summed E-state index contributed by atoms with van der Waals surface area (Å²) in [6, 6.07) is 6.00. The molecule has 0 atom stereocenters. The lowest BCUT2D eigenvalue weighted by Crippen LogP contribution is -2.22. The zero-order valence-corrected chi connectivity index (χ0v) is 17.1. The lowest BCUT2D eigenvalue weighted by molar-refractivity contribution is -0.137. The van der Waals surface area contributed by atoms with Gasteiger partial charge in [-0.15, -0.1) is 0 Å². The third-order valence-corrected chi connectivity index (χ3v) is 5.83. The topological polar surface area (TPSA) is 59.7 Å². The molecule has 0 N–H and O–H groups in total. The van der Waals surface area contributed by atoms with Crippen molar-refractivity contribution in [2.24, 2.45) is 3.15 Å². The Morgan fingerprint density at radius 3 is 2.40 bits per heavy atom. The van der Waals surface area contributed by atoms with Gasteiger partial charge in [-0.1, -0.05) is 0 Å². The van der Waals surface area contributed by atoms with Gasteiger partial charge in [0.2, 0.25) is 0 Å². The van der Waals surface area contributed by atoms with Gasteiger partial charge in [0.05, 0.1) is 11.3 Å². The summed E-state index contributed by atoms with van der Waals surface area (Å²) in [5, 5.41) is 0. The Morgan fingerprint density at radius 2 is 1.73 bits per heavy atom. The first kappa shape index (κ1) is 20.4. The number of nitrogens with zero attached hydrogens (tertiary/aromatic N) is 4. The number of halogens is 6. The van der Waals surface area contributed by atoms with Gasteiger partial charge in [-0.25, -0.2) is 13.3 Å². The Labute approximate surface area is 176 Å². The van der Waals surface area contributed by atoms with Crippen molar-refractivity contribution >= 4 is 32.8 Å². The Kier molecular flexibility index (Phi) is 5.03. The molecule has 0 unspecified atom stereocenters. The van der Waals surface area contributed by atoms with Gasteiger partial charge in [-0.2, -0.15) is 21.3 Å². The molecule has 1 aromatic heterocycles. The number of hydrogen-bond acceptors (Lipinski definition) is 5. The molecule has 0 bridgehead atoms. The molecule has 30 heavy (non-hydrogen) atoms. The van der Waals surface area contributed by atoms with E-state index in [1.807, 2.05) is 0 Å². The maximum atomic E-state index is 13.8. The number of fused-ring (bicyclic) bond motifs is 1. The molecule has 0 saturated heterocycles. The standard InChI is InChI=1S/C18H10F5IN4O2/c1-27-15-14(26-24-27)16(29)28(12-4-2-10(19)3-5-12)17(25-15)30-13-7-9(18(21,22)23)6-11(20)8-13/h2-8H,1H3. The van der Waals surface area contributed by atoms with Crippen molar-refractivity contribution in [1.82, 2.24) is 9.55 Å². The van der Waals surface area contributed by atoms with Crippen molar-refractivity contribution in [3.05, 3.63) is 70.0 Å². The Bertz CT molecular complexity index is 1220. The number of aromatic nitrogens is 2. The second-order valence-electron chi connectivity index (χ2n) is 6.10. The van der Waals surface area contributed by atoms with Crippen LogP contribution < -0.4 is 13.4 Å². The van der Waals surface area contributed by atoms with Crippen LogP contribution in [0.5, 0.6) is 11.8 Å². The predicted molar refractivity (Wildman–Crippen MR) is 106 cm³/mol. The first-order valence-electron chi connectivity index (χ1n) is 8.21. The maximum absolute atomic E-state index is 13.8. The Morgan fingerprint density at radius 1 is 1.03 bits per heavy atom. The van der Waals surface area contributed by atoms with Crippen molar-refractivity contribution in [1.29, 1.82) is 0 Å². The summed E-state index contributed by atoms with van der Waals surface area (Å²) in [7, 11) is 1.66. The number of anilines is 1. The minimum atomic E-state index is -4.80. The average molecular weight is 536 g/mol. The van der Waals surface area contributed by atoms with E-state index in [4.69, 9.17) is 4.74 Å². The van der Waals surface area contributed by atoms with Crippen LogP contribution in [0.15, 0.2) is 50.4 Å². The second kappa shape index (κ2) is 7.41. The molecule has 0 spiro atoms. The molecule has 2 heterocycles. The van der Waals surface area contributed by atoms with E-state index in [-0.39, 0.29) is 17.2 Å². The van der Waals surface area contributed by atoms with Crippen molar-refractivity contribution in [3.63, 3.8) is 0 Å². The molecule has 0 saturated carbocycles. The minimum Gasteiger partial charge on any atom is -0.425 e. The molecule has 2 aromatic carbocycles. The van der Waals surface area contributed by atoms with Gasteiger partial charge in [-0.05, 0) is 36.4 Å². The van der Waals surface area contributed by atoms with Gasteiger partial charge in [0, 0.05) is 13.1 Å². The summed E-state index contributed by atoms with van der Waals surface area (Å²) in [6.45, 7) is 0. The first-order chi connectivity index (χ1) is 14.1. The van der Waals surface area contributed by atoms with Crippen LogP contribution in [-0.4, -0.2) is 16.6 Å². The van der Waals surface area contributed by atoms with Crippen LogP contribution in [0.2, 0.25) is 0 Å². The average Bonchev–Trinajstić information content (AvgIpc) is 3.03. The smallest absolute Gasteiger partial charge is 0.416 e. The van der Waals surface area contributed by atoms with Crippen molar-refractivity contribution < 1.29 is 26.7 Å². The highest BCUT2D eigenvalue weighted by Crippen LogP contribution is 2.39. The van der Waals surface area contributed by atoms with Gasteiger partial charge >= 0.3 is 12.2 Å². The SMILES string of the molecule is CN1I=Nc2c1nc(Oc1cc(F)cc(C(F)(F)F)c1)n(-c1ccc(F)cc1)c2=O. The third kappa shape index (κ3) is 3.78. The fourth-order valence-corrected chi connectivity index (χ4v) is 4.18. The molecule has 3 aromatic rings. The number of rotatable bonds is 3. The van der Waals surface area contributed by atoms with Crippen LogP contribution in [0.1, 0.15) is 5.56 Å². The van der Waals surface area contributed by atoms with E-state index in [9.17, 15) is 26.7 Å². The van der Waals surface area contributed by atoms with Gasteiger partial charge in [0.1, 0.15) is 38.7 Å². The molecule has 1 aliphatic rings. The Balaban J connectivity index is 1.89. The molecule has 0 radical (unpaired) electrons. The highest BCUT2D eigenvalue weighted by Gasteiger charge is 2.32. The normalized spacial score (nSPS) is 13.2. The number of alkyl halides is 3. The zero-order chi connectivity index (χ0) is 21.6. The molecule has 1 aliphatic heterocycles. The summed E-state index contributed by atoms with van der Waals surface area (Å²) in [6.07, 6.45) is -4.80. The lowest BCUT2D eigenvalue weighted by atomic mass is 10.2. The molecule has 6 nitrogen and oxygen atoms in total. The number of benzene rings is 2. The van der Waals surface area contributed by atoms with E-state index in [0.717, 1.165) is 22.8 Å². The summed E-state index contributed by atoms with van der Waals surface area (Å²) in [5.74, 6) is -2.03. The maximum Gasteiger partial charge on any atom is 0.416 e. The number of hydrogen-bond donors (Lipinski definition) is 0. The molecule has 0 aliphatic carbocycles. The lowest BCUT2D eigenvalue weighted by Gasteiger charge is -2.16. The van der Waals surface area contributed by atoms with Crippen molar-refractivity contribution in [2.75, 3.05) is 10.2 Å². The molecule has 4 rings (SSSR count).